The van der Waals surface area contributed by atoms with Crippen molar-refractivity contribution in [3.63, 3.8) is 0 Å². The lowest BCUT2D eigenvalue weighted by Crippen LogP contribution is -2.38. The number of ether oxygens (including phenoxy) is 1. The van der Waals surface area contributed by atoms with Gasteiger partial charge in [-0.1, -0.05) is 24.3 Å². The van der Waals surface area contributed by atoms with Crippen molar-refractivity contribution >= 4 is 12.1 Å². The SMILES string of the molecule is CC(C)(C)OC(=O)N1CC[C@@]2(CC(=O)O)Cc3ccccc3[C@@H]12. The van der Waals surface area contributed by atoms with Crippen LogP contribution in [0.1, 0.15) is 50.8 Å². The average molecular weight is 317 g/mol. The Hall–Kier alpha value is -2.04. The summed E-state index contributed by atoms with van der Waals surface area (Å²) < 4.78 is 5.53. The Morgan fingerprint density at radius 2 is 2.04 bits per heavy atom. The number of carboxylic acids is 1. The summed E-state index contributed by atoms with van der Waals surface area (Å²) in [6, 6.07) is 7.74. The first-order valence-electron chi connectivity index (χ1n) is 8.01. The molecular weight excluding hydrogens is 294 g/mol. The number of carboxylic acid groups (broad SMARTS) is 1. The number of benzene rings is 1. The molecule has 1 fully saturated rings. The summed E-state index contributed by atoms with van der Waals surface area (Å²) in [5.41, 5.74) is 1.24. The van der Waals surface area contributed by atoms with Crippen LogP contribution in [0.15, 0.2) is 24.3 Å². The number of amides is 1. The fraction of sp³-hybridized carbons (Fsp3) is 0.556. The molecule has 1 aliphatic heterocycles. The second kappa shape index (κ2) is 5.25. The summed E-state index contributed by atoms with van der Waals surface area (Å²) in [6.07, 6.45) is 1.12. The van der Waals surface area contributed by atoms with Gasteiger partial charge in [0.05, 0.1) is 12.5 Å². The molecule has 5 heteroatoms. The third-order valence-corrected chi connectivity index (χ3v) is 4.77. The maximum absolute atomic E-state index is 12.6. The minimum absolute atomic E-state index is 0.0750. The van der Waals surface area contributed by atoms with Crippen LogP contribution in [0.2, 0.25) is 0 Å². The van der Waals surface area contributed by atoms with Gasteiger partial charge in [0.2, 0.25) is 0 Å². The maximum atomic E-state index is 12.6. The predicted molar refractivity (Wildman–Crippen MR) is 85.1 cm³/mol. The van der Waals surface area contributed by atoms with E-state index in [0.717, 1.165) is 11.1 Å². The zero-order valence-electron chi connectivity index (χ0n) is 13.8. The van der Waals surface area contributed by atoms with Crippen molar-refractivity contribution in [3.8, 4) is 0 Å². The molecule has 1 aromatic carbocycles. The van der Waals surface area contributed by atoms with Crippen LogP contribution in [0.3, 0.4) is 0 Å². The topological polar surface area (TPSA) is 66.8 Å². The Balaban J connectivity index is 1.96. The number of carbonyl (C=O) groups is 2. The van der Waals surface area contributed by atoms with E-state index >= 15 is 0 Å². The number of hydrogen-bond donors (Lipinski definition) is 1. The van der Waals surface area contributed by atoms with E-state index in [1.165, 1.54) is 0 Å². The van der Waals surface area contributed by atoms with Gasteiger partial charge in [-0.2, -0.15) is 0 Å². The summed E-state index contributed by atoms with van der Waals surface area (Å²) in [5, 5.41) is 9.37. The molecule has 0 bridgehead atoms. The van der Waals surface area contributed by atoms with E-state index < -0.39 is 17.0 Å². The second-order valence-electron chi connectivity index (χ2n) is 7.63. The molecule has 3 rings (SSSR count). The standard InChI is InChI=1S/C18H23NO4/c1-17(2,3)23-16(22)19-9-8-18(11-14(20)21)10-12-6-4-5-7-13(12)15(18)19/h4-7,15H,8-11H2,1-3H3,(H,20,21)/t15-,18+/m1/s1. The van der Waals surface area contributed by atoms with E-state index in [1.54, 1.807) is 4.90 Å². The normalized spacial score (nSPS) is 25.9. The molecule has 1 heterocycles. The van der Waals surface area contributed by atoms with Crippen LogP contribution in [-0.4, -0.2) is 34.2 Å². The van der Waals surface area contributed by atoms with Crippen LogP contribution in [0, 0.1) is 5.41 Å². The summed E-state index contributed by atoms with van der Waals surface area (Å²) in [4.78, 5) is 25.7. The molecule has 0 saturated carbocycles. The molecule has 0 radical (unpaired) electrons. The Kier molecular flexibility index (Phi) is 3.62. The van der Waals surface area contributed by atoms with Crippen LogP contribution in [0.25, 0.3) is 0 Å². The van der Waals surface area contributed by atoms with Crippen molar-refractivity contribution in [1.82, 2.24) is 4.90 Å². The lowest BCUT2D eigenvalue weighted by Gasteiger charge is -2.33. The third kappa shape index (κ3) is 2.80. The number of fused-ring (bicyclic) bond motifs is 3. The van der Waals surface area contributed by atoms with E-state index in [9.17, 15) is 14.7 Å². The van der Waals surface area contributed by atoms with Gasteiger partial charge >= 0.3 is 12.1 Å². The molecule has 1 saturated heterocycles. The number of rotatable bonds is 2. The summed E-state index contributed by atoms with van der Waals surface area (Å²) in [6.45, 7) is 6.07. The van der Waals surface area contributed by atoms with Crippen molar-refractivity contribution < 1.29 is 19.4 Å². The van der Waals surface area contributed by atoms with Gasteiger partial charge in [-0.3, -0.25) is 4.79 Å². The number of hydrogen-bond acceptors (Lipinski definition) is 3. The van der Waals surface area contributed by atoms with Crippen molar-refractivity contribution in [2.45, 2.75) is 51.7 Å². The van der Waals surface area contributed by atoms with E-state index in [-0.39, 0.29) is 18.6 Å². The molecular formula is C18H23NO4. The average Bonchev–Trinajstić information content (AvgIpc) is 2.88. The molecule has 0 spiro atoms. The molecule has 0 aromatic heterocycles. The van der Waals surface area contributed by atoms with E-state index in [4.69, 9.17) is 4.74 Å². The largest absolute Gasteiger partial charge is 0.481 e. The molecule has 5 nitrogen and oxygen atoms in total. The monoisotopic (exact) mass is 317 g/mol. The van der Waals surface area contributed by atoms with Crippen molar-refractivity contribution in [3.05, 3.63) is 35.4 Å². The first-order valence-corrected chi connectivity index (χ1v) is 8.01. The quantitative estimate of drug-likeness (QED) is 0.908. The fourth-order valence-corrected chi connectivity index (χ4v) is 4.03. The Morgan fingerprint density at radius 1 is 1.35 bits per heavy atom. The van der Waals surface area contributed by atoms with Gasteiger partial charge in [-0.15, -0.1) is 0 Å². The van der Waals surface area contributed by atoms with Gasteiger partial charge in [-0.25, -0.2) is 4.79 Å². The number of likely N-dealkylation sites (tertiary alicyclic amines) is 1. The van der Waals surface area contributed by atoms with Gasteiger partial charge in [-0.05, 0) is 44.7 Å². The molecule has 1 aliphatic carbocycles. The Labute approximate surface area is 136 Å². The minimum Gasteiger partial charge on any atom is -0.481 e. The van der Waals surface area contributed by atoms with E-state index in [0.29, 0.717) is 19.4 Å². The van der Waals surface area contributed by atoms with Gasteiger partial charge < -0.3 is 14.7 Å². The molecule has 2 aliphatic rings. The number of nitrogens with zero attached hydrogens (tertiary/aromatic N) is 1. The maximum Gasteiger partial charge on any atom is 0.410 e. The van der Waals surface area contributed by atoms with Gasteiger partial charge in [0.1, 0.15) is 5.60 Å². The molecule has 1 amide bonds. The van der Waals surface area contributed by atoms with Gasteiger partial charge in [0.15, 0.2) is 0 Å². The van der Waals surface area contributed by atoms with Crippen LogP contribution >= 0.6 is 0 Å². The van der Waals surface area contributed by atoms with Crippen LogP contribution in [0.5, 0.6) is 0 Å². The van der Waals surface area contributed by atoms with Crippen molar-refractivity contribution in [2.24, 2.45) is 5.41 Å². The van der Waals surface area contributed by atoms with Crippen molar-refractivity contribution in [2.75, 3.05) is 6.54 Å². The lowest BCUT2D eigenvalue weighted by molar-refractivity contribution is -0.140. The highest BCUT2D eigenvalue weighted by molar-refractivity contribution is 5.72. The van der Waals surface area contributed by atoms with E-state index in [1.807, 2.05) is 45.0 Å². The molecule has 2 atom stereocenters. The number of carbonyl (C=O) groups excluding carboxylic acids is 1. The second-order valence-corrected chi connectivity index (χ2v) is 7.63. The smallest absolute Gasteiger partial charge is 0.410 e. The third-order valence-electron chi connectivity index (χ3n) is 4.77. The summed E-state index contributed by atoms with van der Waals surface area (Å²) >= 11 is 0. The zero-order chi connectivity index (χ0) is 16.8. The number of aliphatic carboxylic acids is 1. The molecule has 0 unspecified atom stereocenters. The van der Waals surface area contributed by atoms with Crippen LogP contribution < -0.4 is 0 Å². The summed E-state index contributed by atoms with van der Waals surface area (Å²) in [7, 11) is 0. The molecule has 1 aromatic rings. The van der Waals surface area contributed by atoms with Gasteiger partial charge in [0, 0.05) is 12.0 Å². The molecule has 23 heavy (non-hydrogen) atoms. The first kappa shape index (κ1) is 15.8. The Morgan fingerprint density at radius 3 is 2.70 bits per heavy atom. The predicted octanol–water partition coefficient (Wildman–Crippen LogP) is 3.39. The molecule has 124 valence electrons. The van der Waals surface area contributed by atoms with Crippen LogP contribution in [-0.2, 0) is 16.0 Å². The Bertz CT molecular complexity index is 649. The van der Waals surface area contributed by atoms with Gasteiger partial charge in [0.25, 0.3) is 0 Å². The van der Waals surface area contributed by atoms with Crippen LogP contribution in [0.4, 0.5) is 4.79 Å². The first-order chi connectivity index (χ1) is 10.7. The highest BCUT2D eigenvalue weighted by Gasteiger charge is 2.55. The highest BCUT2D eigenvalue weighted by atomic mass is 16.6. The highest BCUT2D eigenvalue weighted by Crippen LogP contribution is 2.57. The molecule has 1 N–H and O–H groups in total. The summed E-state index contributed by atoms with van der Waals surface area (Å²) in [5.74, 6) is -0.811. The fourth-order valence-electron chi connectivity index (χ4n) is 4.03. The zero-order valence-corrected chi connectivity index (χ0v) is 13.8. The van der Waals surface area contributed by atoms with E-state index in [2.05, 4.69) is 0 Å². The minimum atomic E-state index is -0.811. The lowest BCUT2D eigenvalue weighted by atomic mass is 9.78. The van der Waals surface area contributed by atoms with Crippen molar-refractivity contribution in [1.29, 1.82) is 0 Å².